The number of H-pyrrole nitrogens is 1. The van der Waals surface area contributed by atoms with Crippen molar-refractivity contribution in [1.82, 2.24) is 9.97 Å². The molecule has 0 spiro atoms. The molecular formula is C15H28N2O. The van der Waals surface area contributed by atoms with Crippen molar-refractivity contribution in [2.45, 2.75) is 70.6 Å². The minimum absolute atomic E-state index is 0.357. The van der Waals surface area contributed by atoms with Crippen molar-refractivity contribution in [3.8, 4) is 0 Å². The number of nitrogens with zero attached hydrogens (tertiary/aromatic N) is 1. The summed E-state index contributed by atoms with van der Waals surface area (Å²) in [6, 6.07) is 0. The molecule has 0 fully saturated rings. The van der Waals surface area contributed by atoms with Gasteiger partial charge in [-0.1, -0.05) is 51.4 Å². The van der Waals surface area contributed by atoms with Gasteiger partial charge in [0, 0.05) is 25.4 Å². The molecule has 0 atom stereocenters. The molecular weight excluding hydrogens is 224 g/mol. The highest BCUT2D eigenvalue weighted by Crippen LogP contribution is 2.11. The largest absolute Gasteiger partial charge is 0.396 e. The van der Waals surface area contributed by atoms with Gasteiger partial charge in [0.1, 0.15) is 5.82 Å². The fourth-order valence-electron chi connectivity index (χ4n) is 2.25. The zero-order valence-corrected chi connectivity index (χ0v) is 11.5. The number of aromatic amines is 1. The Morgan fingerprint density at radius 1 is 0.833 bits per heavy atom. The first-order chi connectivity index (χ1) is 8.93. The van der Waals surface area contributed by atoms with Crippen molar-refractivity contribution in [3.63, 3.8) is 0 Å². The van der Waals surface area contributed by atoms with Crippen LogP contribution in [0.2, 0.25) is 0 Å². The first-order valence-corrected chi connectivity index (χ1v) is 7.52. The number of rotatable bonds is 12. The van der Waals surface area contributed by atoms with Crippen molar-refractivity contribution in [1.29, 1.82) is 0 Å². The molecule has 2 N–H and O–H groups in total. The van der Waals surface area contributed by atoms with E-state index in [-0.39, 0.29) is 0 Å². The monoisotopic (exact) mass is 252 g/mol. The van der Waals surface area contributed by atoms with Crippen molar-refractivity contribution in [2.24, 2.45) is 0 Å². The minimum atomic E-state index is 0.357. The van der Waals surface area contributed by atoms with E-state index in [0.29, 0.717) is 6.61 Å². The molecule has 18 heavy (non-hydrogen) atoms. The van der Waals surface area contributed by atoms with E-state index >= 15 is 0 Å². The third-order valence-corrected chi connectivity index (χ3v) is 3.38. The van der Waals surface area contributed by atoms with Crippen LogP contribution in [-0.4, -0.2) is 21.7 Å². The molecule has 0 saturated heterocycles. The first-order valence-electron chi connectivity index (χ1n) is 7.52. The Morgan fingerprint density at radius 3 is 1.89 bits per heavy atom. The normalized spacial score (nSPS) is 10.9. The number of aryl methyl sites for hydroxylation is 1. The summed E-state index contributed by atoms with van der Waals surface area (Å²) < 4.78 is 0. The molecule has 1 aromatic heterocycles. The van der Waals surface area contributed by atoms with Gasteiger partial charge in [0.2, 0.25) is 0 Å². The van der Waals surface area contributed by atoms with E-state index < -0.39 is 0 Å². The standard InChI is InChI=1S/C15H28N2O/c18-14-10-8-6-4-2-1-3-5-7-9-11-15-16-12-13-17-15/h12-13,18H,1-11,14H2,(H,16,17). The predicted octanol–water partition coefficient (Wildman–Crippen LogP) is 3.85. The molecule has 0 radical (unpaired) electrons. The highest BCUT2D eigenvalue weighted by molar-refractivity contribution is 4.86. The number of imidazole rings is 1. The topological polar surface area (TPSA) is 48.9 Å². The van der Waals surface area contributed by atoms with Gasteiger partial charge < -0.3 is 10.1 Å². The van der Waals surface area contributed by atoms with E-state index in [1.54, 1.807) is 0 Å². The fourth-order valence-corrected chi connectivity index (χ4v) is 2.25. The molecule has 0 aliphatic rings. The number of aliphatic hydroxyl groups is 1. The zero-order valence-electron chi connectivity index (χ0n) is 11.5. The molecule has 104 valence electrons. The summed E-state index contributed by atoms with van der Waals surface area (Å²) >= 11 is 0. The SMILES string of the molecule is OCCCCCCCCCCCCc1ncc[nH]1. The number of hydrogen-bond donors (Lipinski definition) is 2. The van der Waals surface area contributed by atoms with Crippen LogP contribution in [-0.2, 0) is 6.42 Å². The Hall–Kier alpha value is -0.830. The zero-order chi connectivity index (χ0) is 12.9. The van der Waals surface area contributed by atoms with Crippen LogP contribution in [0.5, 0.6) is 0 Å². The van der Waals surface area contributed by atoms with Crippen molar-refractivity contribution in [3.05, 3.63) is 18.2 Å². The third kappa shape index (κ3) is 8.29. The number of hydrogen-bond acceptors (Lipinski definition) is 2. The first kappa shape index (κ1) is 15.2. The second-order valence-electron chi connectivity index (χ2n) is 5.05. The van der Waals surface area contributed by atoms with Gasteiger partial charge in [0.25, 0.3) is 0 Å². The lowest BCUT2D eigenvalue weighted by atomic mass is 10.1. The molecule has 0 aliphatic carbocycles. The van der Waals surface area contributed by atoms with Crippen LogP contribution in [0.25, 0.3) is 0 Å². The maximum absolute atomic E-state index is 8.65. The van der Waals surface area contributed by atoms with E-state index in [2.05, 4.69) is 9.97 Å². The number of unbranched alkanes of at least 4 members (excludes halogenated alkanes) is 9. The average Bonchev–Trinajstić information content (AvgIpc) is 2.89. The highest BCUT2D eigenvalue weighted by Gasteiger charge is 1.95. The van der Waals surface area contributed by atoms with Crippen LogP contribution >= 0.6 is 0 Å². The van der Waals surface area contributed by atoms with E-state index in [1.807, 2.05) is 12.4 Å². The summed E-state index contributed by atoms with van der Waals surface area (Å²) in [6.07, 6.45) is 17.7. The molecule has 1 rings (SSSR count). The van der Waals surface area contributed by atoms with Gasteiger partial charge >= 0.3 is 0 Å². The number of nitrogens with one attached hydrogen (secondary N) is 1. The van der Waals surface area contributed by atoms with Crippen LogP contribution in [0, 0.1) is 0 Å². The summed E-state index contributed by atoms with van der Waals surface area (Å²) in [5.41, 5.74) is 0. The molecule has 1 heterocycles. The lowest BCUT2D eigenvalue weighted by Crippen LogP contribution is -1.88. The van der Waals surface area contributed by atoms with Crippen LogP contribution in [0.3, 0.4) is 0 Å². The molecule has 0 aromatic carbocycles. The predicted molar refractivity (Wildman–Crippen MR) is 75.5 cm³/mol. The summed E-state index contributed by atoms with van der Waals surface area (Å²) in [4.78, 5) is 7.37. The van der Waals surface area contributed by atoms with E-state index in [0.717, 1.165) is 18.7 Å². The molecule has 0 aliphatic heterocycles. The minimum Gasteiger partial charge on any atom is -0.396 e. The van der Waals surface area contributed by atoms with Gasteiger partial charge in [-0.2, -0.15) is 0 Å². The quantitative estimate of drug-likeness (QED) is 0.555. The number of aromatic nitrogens is 2. The fraction of sp³-hybridized carbons (Fsp3) is 0.800. The Bertz CT molecular complexity index is 259. The Labute approximate surface area is 111 Å². The Balaban J connectivity index is 1.73. The molecule has 3 nitrogen and oxygen atoms in total. The lowest BCUT2D eigenvalue weighted by Gasteiger charge is -2.02. The van der Waals surface area contributed by atoms with E-state index in [1.165, 1.54) is 57.8 Å². The summed E-state index contributed by atoms with van der Waals surface area (Å²) in [6.45, 7) is 0.357. The van der Waals surface area contributed by atoms with Gasteiger partial charge in [-0.25, -0.2) is 4.98 Å². The van der Waals surface area contributed by atoms with Gasteiger partial charge in [-0.3, -0.25) is 0 Å². The second kappa shape index (κ2) is 11.3. The van der Waals surface area contributed by atoms with Crippen LogP contribution in [0.15, 0.2) is 12.4 Å². The van der Waals surface area contributed by atoms with Gasteiger partial charge in [0.05, 0.1) is 0 Å². The van der Waals surface area contributed by atoms with Gasteiger partial charge in [-0.15, -0.1) is 0 Å². The maximum atomic E-state index is 8.65. The van der Waals surface area contributed by atoms with Crippen LogP contribution in [0.4, 0.5) is 0 Å². The van der Waals surface area contributed by atoms with Crippen molar-refractivity contribution in [2.75, 3.05) is 6.61 Å². The highest BCUT2D eigenvalue weighted by atomic mass is 16.2. The Morgan fingerprint density at radius 2 is 1.39 bits per heavy atom. The van der Waals surface area contributed by atoms with Crippen molar-refractivity contribution >= 4 is 0 Å². The second-order valence-corrected chi connectivity index (χ2v) is 5.05. The number of aliphatic hydroxyl groups excluding tert-OH is 1. The van der Waals surface area contributed by atoms with E-state index in [9.17, 15) is 0 Å². The van der Waals surface area contributed by atoms with Crippen LogP contribution in [0.1, 0.15) is 70.0 Å². The van der Waals surface area contributed by atoms with Crippen molar-refractivity contribution < 1.29 is 5.11 Å². The van der Waals surface area contributed by atoms with Gasteiger partial charge in [0.15, 0.2) is 0 Å². The maximum Gasteiger partial charge on any atom is 0.105 e. The molecule has 0 amide bonds. The summed E-state index contributed by atoms with van der Waals surface area (Å²) in [5, 5.41) is 8.65. The molecule has 0 saturated carbocycles. The smallest absolute Gasteiger partial charge is 0.105 e. The average molecular weight is 252 g/mol. The molecule has 0 bridgehead atoms. The Kier molecular flexibility index (Phi) is 9.54. The van der Waals surface area contributed by atoms with Crippen LogP contribution < -0.4 is 0 Å². The van der Waals surface area contributed by atoms with E-state index in [4.69, 9.17) is 5.11 Å². The molecule has 1 aromatic rings. The molecule has 3 heteroatoms. The van der Waals surface area contributed by atoms with Gasteiger partial charge in [-0.05, 0) is 12.8 Å². The third-order valence-electron chi connectivity index (χ3n) is 3.38. The lowest BCUT2D eigenvalue weighted by molar-refractivity contribution is 0.282. The summed E-state index contributed by atoms with van der Waals surface area (Å²) in [7, 11) is 0. The molecule has 0 unspecified atom stereocenters. The summed E-state index contributed by atoms with van der Waals surface area (Å²) in [5.74, 6) is 1.12.